The fourth-order valence-electron chi connectivity index (χ4n) is 3.39. The first kappa shape index (κ1) is 14.7. The SMILES string of the molecule is Cc1nc(Cl)c2cc3c(cc2n1)CC[C@@H](C(=O)N1CCCC1)O3. The molecule has 0 radical (unpaired) electrons. The third kappa shape index (κ3) is 2.63. The molecule has 3 heterocycles. The molecule has 4 rings (SSSR count). The monoisotopic (exact) mass is 331 g/mol. The number of aromatic nitrogens is 2. The highest BCUT2D eigenvalue weighted by Gasteiger charge is 2.31. The number of likely N-dealkylation sites (tertiary alicyclic amines) is 1. The summed E-state index contributed by atoms with van der Waals surface area (Å²) in [5.74, 6) is 1.50. The molecule has 0 N–H and O–H groups in total. The maximum atomic E-state index is 12.5. The number of rotatable bonds is 1. The number of halogens is 1. The van der Waals surface area contributed by atoms with E-state index in [-0.39, 0.29) is 12.0 Å². The van der Waals surface area contributed by atoms with E-state index in [0.29, 0.717) is 17.4 Å². The summed E-state index contributed by atoms with van der Waals surface area (Å²) < 4.78 is 5.99. The quantitative estimate of drug-likeness (QED) is 0.754. The summed E-state index contributed by atoms with van der Waals surface area (Å²) >= 11 is 6.23. The number of aryl methyl sites for hydroxylation is 2. The molecule has 23 heavy (non-hydrogen) atoms. The van der Waals surface area contributed by atoms with Gasteiger partial charge in [0.1, 0.15) is 16.7 Å². The van der Waals surface area contributed by atoms with Gasteiger partial charge in [-0.1, -0.05) is 11.6 Å². The van der Waals surface area contributed by atoms with Gasteiger partial charge in [-0.05, 0) is 50.3 Å². The van der Waals surface area contributed by atoms with Crippen molar-refractivity contribution in [2.75, 3.05) is 13.1 Å². The number of hydrogen-bond donors (Lipinski definition) is 0. The summed E-state index contributed by atoms with van der Waals surface area (Å²) in [5, 5.41) is 1.19. The van der Waals surface area contributed by atoms with E-state index < -0.39 is 0 Å². The molecule has 6 heteroatoms. The van der Waals surface area contributed by atoms with Crippen LogP contribution in [-0.2, 0) is 11.2 Å². The smallest absolute Gasteiger partial charge is 0.263 e. The summed E-state index contributed by atoms with van der Waals surface area (Å²) in [6.45, 7) is 3.52. The molecule has 1 saturated heterocycles. The van der Waals surface area contributed by atoms with E-state index in [1.165, 1.54) is 0 Å². The number of benzene rings is 1. The van der Waals surface area contributed by atoms with Gasteiger partial charge >= 0.3 is 0 Å². The van der Waals surface area contributed by atoms with Gasteiger partial charge in [-0.2, -0.15) is 0 Å². The molecular weight excluding hydrogens is 314 g/mol. The molecule has 0 spiro atoms. The van der Waals surface area contributed by atoms with Crippen LogP contribution in [0.15, 0.2) is 12.1 Å². The molecule has 0 aliphatic carbocycles. The zero-order valence-corrected chi connectivity index (χ0v) is 13.8. The average molecular weight is 332 g/mol. The van der Waals surface area contributed by atoms with Gasteiger partial charge in [0, 0.05) is 18.5 Å². The Labute approximate surface area is 139 Å². The second kappa shape index (κ2) is 5.64. The Kier molecular flexibility index (Phi) is 3.60. The number of amides is 1. The lowest BCUT2D eigenvalue weighted by atomic mass is 10.00. The van der Waals surface area contributed by atoms with Crippen LogP contribution >= 0.6 is 11.6 Å². The fourth-order valence-corrected chi connectivity index (χ4v) is 3.66. The molecule has 0 unspecified atom stereocenters. The van der Waals surface area contributed by atoms with Crippen LogP contribution in [-0.4, -0.2) is 40.0 Å². The summed E-state index contributed by atoms with van der Waals surface area (Å²) in [6, 6.07) is 3.87. The molecule has 1 aromatic carbocycles. The minimum absolute atomic E-state index is 0.111. The Bertz CT molecular complexity index is 787. The predicted molar refractivity (Wildman–Crippen MR) is 87.8 cm³/mol. The Morgan fingerprint density at radius 1 is 1.30 bits per heavy atom. The van der Waals surface area contributed by atoms with Gasteiger partial charge in [0.15, 0.2) is 6.10 Å². The highest BCUT2D eigenvalue weighted by atomic mass is 35.5. The first-order valence-electron chi connectivity index (χ1n) is 8.04. The van der Waals surface area contributed by atoms with E-state index in [9.17, 15) is 4.79 Å². The summed E-state index contributed by atoms with van der Waals surface area (Å²) in [6.07, 6.45) is 3.32. The molecule has 5 nitrogen and oxygen atoms in total. The zero-order valence-electron chi connectivity index (χ0n) is 13.0. The van der Waals surface area contributed by atoms with Crippen LogP contribution in [0.4, 0.5) is 0 Å². The number of carbonyl (C=O) groups is 1. The van der Waals surface area contributed by atoms with Gasteiger partial charge in [0.05, 0.1) is 5.52 Å². The lowest BCUT2D eigenvalue weighted by Crippen LogP contribution is -2.42. The zero-order chi connectivity index (χ0) is 16.0. The standard InChI is InChI=1S/C17H18ClN3O2/c1-10-19-13-8-11-4-5-14(17(22)21-6-2-3-7-21)23-15(11)9-12(13)16(18)20-10/h8-9,14H,2-7H2,1H3/t14-/m0/s1. The van der Waals surface area contributed by atoms with Crippen LogP contribution in [0.1, 0.15) is 30.7 Å². The lowest BCUT2D eigenvalue weighted by Gasteiger charge is -2.28. The normalized spacial score (nSPS) is 20.4. The maximum Gasteiger partial charge on any atom is 0.263 e. The first-order valence-corrected chi connectivity index (χ1v) is 8.42. The molecular formula is C17H18ClN3O2. The van der Waals surface area contributed by atoms with Crippen molar-refractivity contribution in [3.05, 3.63) is 28.7 Å². The Balaban J connectivity index is 1.66. The molecule has 2 aliphatic rings. The van der Waals surface area contributed by atoms with Crippen LogP contribution in [0.2, 0.25) is 5.15 Å². The van der Waals surface area contributed by atoms with Gasteiger partial charge in [0.2, 0.25) is 0 Å². The van der Waals surface area contributed by atoms with Gasteiger partial charge < -0.3 is 9.64 Å². The van der Waals surface area contributed by atoms with Gasteiger partial charge in [-0.15, -0.1) is 0 Å². The Morgan fingerprint density at radius 3 is 2.87 bits per heavy atom. The number of fused-ring (bicyclic) bond motifs is 2. The van der Waals surface area contributed by atoms with E-state index in [0.717, 1.165) is 54.6 Å². The second-order valence-corrected chi connectivity index (χ2v) is 6.57. The van der Waals surface area contributed by atoms with Crippen molar-refractivity contribution in [3.8, 4) is 5.75 Å². The third-order valence-electron chi connectivity index (χ3n) is 4.58. The van der Waals surface area contributed by atoms with E-state index in [1.54, 1.807) is 0 Å². The van der Waals surface area contributed by atoms with Crippen molar-refractivity contribution < 1.29 is 9.53 Å². The van der Waals surface area contributed by atoms with Crippen molar-refractivity contribution in [1.82, 2.24) is 14.9 Å². The first-order chi connectivity index (χ1) is 11.1. The number of ether oxygens (including phenoxy) is 1. The number of hydrogen-bond acceptors (Lipinski definition) is 4. The molecule has 1 atom stereocenters. The van der Waals surface area contributed by atoms with E-state index >= 15 is 0 Å². The maximum absolute atomic E-state index is 12.5. The van der Waals surface area contributed by atoms with Crippen LogP contribution in [0.5, 0.6) is 5.75 Å². The van der Waals surface area contributed by atoms with Crippen molar-refractivity contribution in [2.45, 2.75) is 38.7 Å². The molecule has 1 fully saturated rings. The van der Waals surface area contributed by atoms with Crippen LogP contribution in [0, 0.1) is 6.92 Å². The van der Waals surface area contributed by atoms with E-state index in [2.05, 4.69) is 9.97 Å². The van der Waals surface area contributed by atoms with Crippen molar-refractivity contribution in [3.63, 3.8) is 0 Å². The lowest BCUT2D eigenvalue weighted by molar-refractivity contribution is -0.138. The fraction of sp³-hybridized carbons (Fsp3) is 0.471. The predicted octanol–water partition coefficient (Wildman–Crippen LogP) is 2.91. The second-order valence-electron chi connectivity index (χ2n) is 6.22. The Morgan fingerprint density at radius 2 is 2.09 bits per heavy atom. The largest absolute Gasteiger partial charge is 0.480 e. The van der Waals surface area contributed by atoms with Gasteiger partial charge in [0.25, 0.3) is 5.91 Å². The molecule has 1 amide bonds. The van der Waals surface area contributed by atoms with Gasteiger partial charge in [-0.3, -0.25) is 4.79 Å². The summed E-state index contributed by atoms with van der Waals surface area (Å²) in [7, 11) is 0. The average Bonchev–Trinajstić information content (AvgIpc) is 3.06. The molecule has 1 aromatic heterocycles. The minimum Gasteiger partial charge on any atom is -0.480 e. The highest BCUT2D eigenvalue weighted by Crippen LogP contribution is 2.34. The van der Waals surface area contributed by atoms with E-state index in [1.807, 2.05) is 24.0 Å². The molecule has 0 saturated carbocycles. The highest BCUT2D eigenvalue weighted by molar-refractivity contribution is 6.34. The summed E-state index contributed by atoms with van der Waals surface area (Å²) in [5.41, 5.74) is 1.91. The van der Waals surface area contributed by atoms with Crippen molar-refractivity contribution in [1.29, 1.82) is 0 Å². The minimum atomic E-state index is -0.386. The van der Waals surface area contributed by atoms with Crippen molar-refractivity contribution in [2.24, 2.45) is 0 Å². The van der Waals surface area contributed by atoms with Gasteiger partial charge in [-0.25, -0.2) is 9.97 Å². The van der Waals surface area contributed by atoms with Crippen LogP contribution in [0.25, 0.3) is 10.9 Å². The van der Waals surface area contributed by atoms with Crippen molar-refractivity contribution >= 4 is 28.4 Å². The topological polar surface area (TPSA) is 55.3 Å². The number of nitrogens with zero attached hydrogens (tertiary/aromatic N) is 3. The molecule has 2 aromatic rings. The Hall–Kier alpha value is -1.88. The molecule has 0 bridgehead atoms. The molecule has 120 valence electrons. The number of carbonyl (C=O) groups excluding carboxylic acids is 1. The van der Waals surface area contributed by atoms with E-state index in [4.69, 9.17) is 16.3 Å². The molecule has 2 aliphatic heterocycles. The third-order valence-corrected chi connectivity index (χ3v) is 4.87. The van der Waals surface area contributed by atoms with Crippen LogP contribution in [0.3, 0.4) is 0 Å². The van der Waals surface area contributed by atoms with Crippen LogP contribution < -0.4 is 4.74 Å². The summed E-state index contributed by atoms with van der Waals surface area (Å²) in [4.78, 5) is 23.1.